The summed E-state index contributed by atoms with van der Waals surface area (Å²) in [5.41, 5.74) is -0.0924. The highest BCUT2D eigenvalue weighted by Gasteiger charge is 2.19. The molecule has 0 amide bonds. The lowest BCUT2D eigenvalue weighted by molar-refractivity contribution is 0.512. The fourth-order valence-electron chi connectivity index (χ4n) is 2.17. The quantitative estimate of drug-likeness (QED) is 0.741. The van der Waals surface area contributed by atoms with Crippen LogP contribution >= 0.6 is 0 Å². The largest absolute Gasteiger partial charge is 0.349 e. The van der Waals surface area contributed by atoms with Gasteiger partial charge in [0, 0.05) is 0 Å². The van der Waals surface area contributed by atoms with Crippen molar-refractivity contribution in [1.82, 2.24) is 0 Å². The van der Waals surface area contributed by atoms with Crippen molar-refractivity contribution in [2.75, 3.05) is 15.8 Å². The highest BCUT2D eigenvalue weighted by molar-refractivity contribution is 7.92. The van der Waals surface area contributed by atoms with Gasteiger partial charge in [0.05, 0.1) is 17.1 Å². The normalized spacial score (nSPS) is 11.4. The monoisotopic (exact) mass is 372 g/mol. The van der Waals surface area contributed by atoms with Gasteiger partial charge < -0.3 is 5.32 Å². The maximum absolute atomic E-state index is 14.2. The first-order chi connectivity index (χ1) is 11.7. The summed E-state index contributed by atoms with van der Waals surface area (Å²) in [6.45, 7) is 3.52. The Kier molecular flexibility index (Phi) is 5.94. The summed E-state index contributed by atoms with van der Waals surface area (Å²) >= 11 is 0. The van der Waals surface area contributed by atoms with Crippen molar-refractivity contribution in [3.8, 4) is 0 Å². The van der Waals surface area contributed by atoms with Gasteiger partial charge in [-0.25, -0.2) is 21.6 Å². The third-order valence-electron chi connectivity index (χ3n) is 3.51. The van der Waals surface area contributed by atoms with E-state index >= 15 is 0 Å². The summed E-state index contributed by atoms with van der Waals surface area (Å²) in [6.07, 6.45) is 1.09. The van der Waals surface area contributed by atoms with Crippen LogP contribution in [-0.2, 0) is 10.0 Å². The zero-order valence-electron chi connectivity index (χ0n) is 13.9. The molecule has 2 aromatic carbocycles. The molecule has 8 heteroatoms. The van der Waals surface area contributed by atoms with Crippen molar-refractivity contribution < 1.29 is 21.6 Å². The molecule has 2 N–H and O–H groups in total. The van der Waals surface area contributed by atoms with Crippen molar-refractivity contribution in [3.05, 3.63) is 53.3 Å². The predicted octanol–water partition coefficient (Wildman–Crippen LogP) is 4.70. The first-order valence-electron chi connectivity index (χ1n) is 7.75. The number of hydrogen-bond donors (Lipinski definition) is 2. The Morgan fingerprint density at radius 2 is 1.68 bits per heavy atom. The summed E-state index contributed by atoms with van der Waals surface area (Å²) in [5.74, 6) is -3.29. The van der Waals surface area contributed by atoms with Crippen LogP contribution in [0.25, 0.3) is 0 Å². The van der Waals surface area contributed by atoms with Crippen molar-refractivity contribution in [1.29, 1.82) is 0 Å². The van der Waals surface area contributed by atoms with E-state index in [4.69, 9.17) is 0 Å². The molecule has 2 rings (SSSR count). The van der Waals surface area contributed by atoms with E-state index in [2.05, 4.69) is 10.0 Å². The third kappa shape index (κ3) is 4.88. The van der Waals surface area contributed by atoms with Gasteiger partial charge in [-0.1, -0.05) is 19.4 Å². The van der Waals surface area contributed by atoms with Crippen LogP contribution in [0.15, 0.2) is 30.3 Å². The zero-order valence-corrected chi connectivity index (χ0v) is 14.7. The van der Waals surface area contributed by atoms with Crippen LogP contribution in [0.2, 0.25) is 0 Å². The van der Waals surface area contributed by atoms with Crippen LogP contribution in [0, 0.1) is 24.4 Å². The number of aryl methyl sites for hydroxylation is 1. The standard InChI is InChI=1S/C17H19F3N2O2S/c1-3-4-9-25(23,24)22-15-8-6-12(18)16(20)17(15)21-14-7-5-11(2)10-13(14)19/h5-8,10,21-22H,3-4,9H2,1-2H3. The van der Waals surface area contributed by atoms with E-state index in [1.54, 1.807) is 13.0 Å². The molecule has 0 aliphatic heterocycles. The first-order valence-corrected chi connectivity index (χ1v) is 9.40. The number of unbranched alkanes of at least 4 members (excludes halogenated alkanes) is 1. The topological polar surface area (TPSA) is 58.2 Å². The number of nitrogens with one attached hydrogen (secondary N) is 2. The average Bonchev–Trinajstić information content (AvgIpc) is 2.54. The van der Waals surface area contributed by atoms with Gasteiger partial charge in [-0.15, -0.1) is 0 Å². The minimum Gasteiger partial charge on any atom is -0.349 e. The van der Waals surface area contributed by atoms with E-state index in [0.29, 0.717) is 18.4 Å². The molecule has 0 aliphatic carbocycles. The van der Waals surface area contributed by atoms with Gasteiger partial charge in [-0.2, -0.15) is 0 Å². The molecule has 0 unspecified atom stereocenters. The minimum atomic E-state index is -3.73. The number of hydrogen-bond acceptors (Lipinski definition) is 3. The van der Waals surface area contributed by atoms with Crippen LogP contribution in [0.5, 0.6) is 0 Å². The Hall–Kier alpha value is -2.22. The minimum absolute atomic E-state index is 0.0934. The predicted molar refractivity (Wildman–Crippen MR) is 93.1 cm³/mol. The summed E-state index contributed by atoms with van der Waals surface area (Å²) in [7, 11) is -3.73. The highest BCUT2D eigenvalue weighted by atomic mass is 32.2. The second-order valence-corrected chi connectivity index (χ2v) is 7.51. The van der Waals surface area contributed by atoms with Crippen molar-refractivity contribution in [2.45, 2.75) is 26.7 Å². The van der Waals surface area contributed by atoms with Crippen LogP contribution in [0.3, 0.4) is 0 Å². The summed E-state index contributed by atoms with van der Waals surface area (Å²) in [5, 5.41) is 2.44. The van der Waals surface area contributed by atoms with Gasteiger partial charge in [0.15, 0.2) is 11.6 Å². The molecule has 0 spiro atoms. The van der Waals surface area contributed by atoms with E-state index in [1.807, 2.05) is 6.92 Å². The van der Waals surface area contributed by atoms with Crippen LogP contribution in [-0.4, -0.2) is 14.2 Å². The summed E-state index contributed by atoms with van der Waals surface area (Å²) in [4.78, 5) is 0. The maximum Gasteiger partial charge on any atom is 0.232 e. The Balaban J connectivity index is 2.40. The number of benzene rings is 2. The number of anilines is 3. The Morgan fingerprint density at radius 1 is 1.00 bits per heavy atom. The zero-order chi connectivity index (χ0) is 18.6. The first kappa shape index (κ1) is 19.1. The maximum atomic E-state index is 14.2. The van der Waals surface area contributed by atoms with Crippen LogP contribution in [0.4, 0.5) is 30.2 Å². The van der Waals surface area contributed by atoms with Gasteiger partial charge in [-0.05, 0) is 43.2 Å². The smallest absolute Gasteiger partial charge is 0.232 e. The Labute approximate surface area is 145 Å². The lowest BCUT2D eigenvalue weighted by Crippen LogP contribution is -2.18. The Bertz CT molecular complexity index is 870. The molecule has 2 aromatic rings. The molecule has 0 aromatic heterocycles. The van der Waals surface area contributed by atoms with E-state index in [9.17, 15) is 21.6 Å². The summed E-state index contributed by atoms with van der Waals surface area (Å²) in [6, 6.07) is 6.09. The van der Waals surface area contributed by atoms with E-state index in [1.165, 1.54) is 12.1 Å². The Morgan fingerprint density at radius 3 is 2.32 bits per heavy atom. The molecular weight excluding hydrogens is 353 g/mol. The van der Waals surface area contributed by atoms with Gasteiger partial charge in [0.1, 0.15) is 11.5 Å². The fraction of sp³-hybridized carbons (Fsp3) is 0.294. The molecular formula is C17H19F3N2O2S. The molecule has 0 bridgehead atoms. The molecule has 136 valence electrons. The molecule has 4 nitrogen and oxygen atoms in total. The molecule has 0 fully saturated rings. The fourth-order valence-corrected chi connectivity index (χ4v) is 3.44. The SMILES string of the molecule is CCCCS(=O)(=O)Nc1ccc(F)c(F)c1Nc1ccc(C)cc1F. The average molecular weight is 372 g/mol. The van der Waals surface area contributed by atoms with Gasteiger partial charge in [-0.3, -0.25) is 4.72 Å². The molecule has 0 aliphatic rings. The summed E-state index contributed by atoms with van der Waals surface area (Å²) < 4.78 is 68.1. The highest BCUT2D eigenvalue weighted by Crippen LogP contribution is 2.32. The lowest BCUT2D eigenvalue weighted by Gasteiger charge is -2.16. The molecule has 0 saturated heterocycles. The number of rotatable bonds is 7. The third-order valence-corrected chi connectivity index (χ3v) is 4.87. The van der Waals surface area contributed by atoms with Crippen LogP contribution < -0.4 is 10.0 Å². The molecule has 0 radical (unpaired) electrons. The molecule has 0 heterocycles. The van der Waals surface area contributed by atoms with Gasteiger partial charge in [0.2, 0.25) is 10.0 Å². The van der Waals surface area contributed by atoms with Crippen LogP contribution in [0.1, 0.15) is 25.3 Å². The molecule has 25 heavy (non-hydrogen) atoms. The molecule has 0 atom stereocenters. The van der Waals surface area contributed by atoms with Crippen molar-refractivity contribution >= 4 is 27.1 Å². The molecule has 0 saturated carbocycles. The lowest BCUT2D eigenvalue weighted by atomic mass is 10.2. The van der Waals surface area contributed by atoms with E-state index < -0.39 is 33.2 Å². The van der Waals surface area contributed by atoms with Gasteiger partial charge in [0.25, 0.3) is 0 Å². The van der Waals surface area contributed by atoms with E-state index in [0.717, 1.165) is 12.1 Å². The van der Waals surface area contributed by atoms with Crippen molar-refractivity contribution in [3.63, 3.8) is 0 Å². The van der Waals surface area contributed by atoms with E-state index in [-0.39, 0.29) is 17.1 Å². The second-order valence-electron chi connectivity index (χ2n) is 5.67. The van der Waals surface area contributed by atoms with Crippen molar-refractivity contribution in [2.24, 2.45) is 0 Å². The number of sulfonamides is 1. The second kappa shape index (κ2) is 7.77. The number of halogens is 3. The van der Waals surface area contributed by atoms with Gasteiger partial charge >= 0.3 is 0 Å².